The summed E-state index contributed by atoms with van der Waals surface area (Å²) in [5, 5.41) is 10.1. The third-order valence-electron chi connectivity index (χ3n) is 6.03. The molecule has 4 aromatic rings. The van der Waals surface area contributed by atoms with Crippen LogP contribution in [-0.4, -0.2) is 11.7 Å². The molecule has 2 heterocycles. The maximum atomic E-state index is 14.1. The molecule has 4 aromatic carbocycles. The third kappa shape index (κ3) is 2.84. The number of carbonyl (C=O) groups excluding carboxylic acids is 1. The summed E-state index contributed by atoms with van der Waals surface area (Å²) >= 11 is 3.63. The smallest absolute Gasteiger partial charge is 0.278 e. The molecule has 6 rings (SSSR count). The zero-order valence-corrected chi connectivity index (χ0v) is 19.1. The first-order valence-electron chi connectivity index (χ1n) is 10.7. The molecule has 0 aliphatic carbocycles. The Kier molecular flexibility index (Phi) is 4.55. The van der Waals surface area contributed by atoms with Crippen molar-refractivity contribution in [3.8, 4) is 0 Å². The quantitative estimate of drug-likeness (QED) is 0.383. The van der Waals surface area contributed by atoms with Gasteiger partial charge in [0.25, 0.3) is 5.91 Å². The molecule has 33 heavy (non-hydrogen) atoms. The standard InChI is InChI=1S/C27H19BrN4O/c28-23-18-10-17-22-24(23)29-26(33)27(22)31(20-13-6-2-7-14-20)25(19-11-4-1-5-12-19)30-32(27)21-15-8-3-9-16-21/h1-18H,(H,29,33). The number of para-hydroxylation sites is 3. The van der Waals surface area contributed by atoms with Gasteiger partial charge in [0.05, 0.1) is 11.4 Å². The van der Waals surface area contributed by atoms with Crippen LogP contribution in [0.25, 0.3) is 0 Å². The number of hydrogen-bond acceptors (Lipinski definition) is 4. The molecule has 5 nitrogen and oxygen atoms in total. The van der Waals surface area contributed by atoms with E-state index >= 15 is 0 Å². The van der Waals surface area contributed by atoms with Gasteiger partial charge in [0, 0.05) is 21.3 Å². The molecule has 2 aliphatic rings. The maximum Gasteiger partial charge on any atom is 0.278 e. The van der Waals surface area contributed by atoms with Gasteiger partial charge in [-0.15, -0.1) is 0 Å². The largest absolute Gasteiger partial charge is 0.321 e. The molecule has 0 bridgehead atoms. The molecule has 2 aliphatic heterocycles. The lowest BCUT2D eigenvalue weighted by Crippen LogP contribution is -2.58. The van der Waals surface area contributed by atoms with E-state index < -0.39 is 5.66 Å². The number of carbonyl (C=O) groups is 1. The topological polar surface area (TPSA) is 47.9 Å². The van der Waals surface area contributed by atoms with Crippen LogP contribution >= 0.6 is 15.9 Å². The van der Waals surface area contributed by atoms with Crippen molar-refractivity contribution in [2.24, 2.45) is 5.10 Å². The number of nitrogens with one attached hydrogen (secondary N) is 1. The van der Waals surface area contributed by atoms with Gasteiger partial charge in [-0.2, -0.15) is 5.10 Å². The maximum absolute atomic E-state index is 14.1. The molecule has 0 aromatic heterocycles. The first-order chi connectivity index (χ1) is 16.2. The van der Waals surface area contributed by atoms with Gasteiger partial charge in [-0.1, -0.05) is 78.9 Å². The van der Waals surface area contributed by atoms with Crippen molar-refractivity contribution in [1.29, 1.82) is 0 Å². The summed E-state index contributed by atoms with van der Waals surface area (Å²) in [7, 11) is 0. The molecular formula is C27H19BrN4O. The van der Waals surface area contributed by atoms with Crippen molar-refractivity contribution in [3.05, 3.63) is 125 Å². The highest BCUT2D eigenvalue weighted by atomic mass is 79.9. The molecule has 0 saturated heterocycles. The predicted octanol–water partition coefficient (Wildman–Crippen LogP) is 5.94. The summed E-state index contributed by atoms with van der Waals surface area (Å²) in [6.07, 6.45) is 0. The van der Waals surface area contributed by atoms with Crippen molar-refractivity contribution in [2.45, 2.75) is 5.66 Å². The fourth-order valence-corrected chi connectivity index (χ4v) is 5.10. The van der Waals surface area contributed by atoms with Gasteiger partial charge in [-0.05, 0) is 46.3 Å². The first kappa shape index (κ1) is 19.8. The number of rotatable bonds is 3. The summed E-state index contributed by atoms with van der Waals surface area (Å²) in [5.74, 6) is 0.542. The van der Waals surface area contributed by atoms with Gasteiger partial charge in [0.1, 0.15) is 0 Å². The predicted molar refractivity (Wildman–Crippen MR) is 135 cm³/mol. The van der Waals surface area contributed by atoms with Crippen LogP contribution in [-0.2, 0) is 10.5 Å². The van der Waals surface area contributed by atoms with Crippen LogP contribution in [0.5, 0.6) is 0 Å². The molecule has 1 atom stereocenters. The van der Waals surface area contributed by atoms with Crippen molar-refractivity contribution >= 4 is 44.7 Å². The summed E-state index contributed by atoms with van der Waals surface area (Å²) in [6, 6.07) is 35.7. The summed E-state index contributed by atoms with van der Waals surface area (Å²) in [4.78, 5) is 16.1. The van der Waals surface area contributed by atoms with E-state index in [4.69, 9.17) is 5.10 Å². The van der Waals surface area contributed by atoms with E-state index in [1.807, 2.05) is 119 Å². The van der Waals surface area contributed by atoms with Crippen LogP contribution in [0.15, 0.2) is 119 Å². The van der Waals surface area contributed by atoms with Gasteiger partial charge >= 0.3 is 0 Å². The average molecular weight is 495 g/mol. The van der Waals surface area contributed by atoms with Crippen LogP contribution in [0.1, 0.15) is 11.1 Å². The lowest BCUT2D eigenvalue weighted by atomic mass is 9.96. The van der Waals surface area contributed by atoms with Crippen LogP contribution in [0.2, 0.25) is 0 Å². The zero-order chi connectivity index (χ0) is 22.4. The van der Waals surface area contributed by atoms with E-state index in [2.05, 4.69) is 21.2 Å². The van der Waals surface area contributed by atoms with Crippen molar-refractivity contribution < 1.29 is 4.79 Å². The van der Waals surface area contributed by atoms with Crippen LogP contribution in [0, 0.1) is 0 Å². The normalized spacial score (nSPS) is 18.9. The van der Waals surface area contributed by atoms with Gasteiger partial charge in [0.2, 0.25) is 5.66 Å². The Labute approximate surface area is 200 Å². The number of hydrogen-bond donors (Lipinski definition) is 1. The number of benzene rings is 4. The highest BCUT2D eigenvalue weighted by Crippen LogP contribution is 2.52. The lowest BCUT2D eigenvalue weighted by molar-refractivity contribution is -0.120. The summed E-state index contributed by atoms with van der Waals surface area (Å²) in [6.45, 7) is 0. The number of nitrogens with zero attached hydrogens (tertiary/aromatic N) is 3. The Morgan fingerprint density at radius 1 is 0.727 bits per heavy atom. The van der Waals surface area contributed by atoms with Gasteiger partial charge < -0.3 is 5.32 Å². The highest BCUT2D eigenvalue weighted by molar-refractivity contribution is 9.10. The molecule has 0 saturated carbocycles. The molecule has 1 amide bonds. The average Bonchev–Trinajstić information content (AvgIpc) is 3.38. The Hall–Kier alpha value is -3.90. The Morgan fingerprint density at radius 3 is 2.00 bits per heavy atom. The molecule has 1 unspecified atom stereocenters. The fraction of sp³-hybridized carbons (Fsp3) is 0.0370. The van der Waals surface area contributed by atoms with Gasteiger partial charge in [0.15, 0.2) is 5.84 Å². The monoisotopic (exact) mass is 494 g/mol. The van der Waals surface area contributed by atoms with E-state index in [1.54, 1.807) is 0 Å². The van der Waals surface area contributed by atoms with E-state index in [9.17, 15) is 4.79 Å². The Balaban J connectivity index is 1.70. The first-order valence-corrected chi connectivity index (χ1v) is 11.5. The molecule has 6 heteroatoms. The molecule has 0 fully saturated rings. The van der Waals surface area contributed by atoms with Crippen molar-refractivity contribution in [3.63, 3.8) is 0 Å². The zero-order valence-electron chi connectivity index (χ0n) is 17.5. The number of amides is 1. The van der Waals surface area contributed by atoms with Crippen molar-refractivity contribution in [1.82, 2.24) is 0 Å². The van der Waals surface area contributed by atoms with Crippen LogP contribution in [0.4, 0.5) is 17.1 Å². The highest BCUT2D eigenvalue weighted by Gasteiger charge is 2.62. The van der Waals surface area contributed by atoms with E-state index in [0.717, 1.165) is 32.7 Å². The molecule has 160 valence electrons. The number of halogens is 1. The number of fused-ring (bicyclic) bond motifs is 2. The Morgan fingerprint density at radius 2 is 1.33 bits per heavy atom. The summed E-state index contributed by atoms with van der Waals surface area (Å²) < 4.78 is 0.833. The Bertz CT molecular complexity index is 1380. The second-order valence-corrected chi connectivity index (χ2v) is 8.75. The number of anilines is 3. The number of amidine groups is 1. The SMILES string of the molecule is O=C1Nc2c(Br)cccc2C12N(c1ccccc1)N=C(c1ccccc1)N2c1ccccc1. The molecule has 1 spiro atoms. The number of hydrazone groups is 1. The molecular weight excluding hydrogens is 476 g/mol. The van der Waals surface area contributed by atoms with Crippen LogP contribution in [0.3, 0.4) is 0 Å². The van der Waals surface area contributed by atoms with E-state index in [0.29, 0.717) is 5.84 Å². The minimum Gasteiger partial charge on any atom is -0.321 e. The minimum absolute atomic E-state index is 0.160. The van der Waals surface area contributed by atoms with Gasteiger partial charge in [-0.3, -0.25) is 9.69 Å². The van der Waals surface area contributed by atoms with E-state index in [-0.39, 0.29) is 5.91 Å². The molecule has 0 radical (unpaired) electrons. The third-order valence-corrected chi connectivity index (χ3v) is 6.69. The van der Waals surface area contributed by atoms with Gasteiger partial charge in [-0.25, -0.2) is 5.01 Å². The summed E-state index contributed by atoms with van der Waals surface area (Å²) in [5.41, 5.74) is 3.00. The van der Waals surface area contributed by atoms with Crippen LogP contribution < -0.4 is 15.2 Å². The fourth-order valence-electron chi connectivity index (χ4n) is 4.63. The van der Waals surface area contributed by atoms with E-state index in [1.165, 1.54) is 0 Å². The second kappa shape index (κ2) is 7.60. The minimum atomic E-state index is -1.23. The molecule has 1 N–H and O–H groups in total. The van der Waals surface area contributed by atoms with Crippen molar-refractivity contribution in [2.75, 3.05) is 15.2 Å². The lowest BCUT2D eigenvalue weighted by Gasteiger charge is -2.40. The second-order valence-electron chi connectivity index (χ2n) is 7.90.